The van der Waals surface area contributed by atoms with E-state index >= 15 is 0 Å². The quantitative estimate of drug-likeness (QED) is 0.274. The van der Waals surface area contributed by atoms with Crippen molar-refractivity contribution in [3.8, 4) is 11.1 Å². The van der Waals surface area contributed by atoms with Crippen LogP contribution >= 0.6 is 11.6 Å². The SMILES string of the molecule is CCN(CCN1CCCC1)S(=O)(=O)c1ccc(Nc2nnc3cc(-c4cc(C)ccc4Cl)cc(C)c3n2)cc1. The second-order valence-electron chi connectivity index (χ2n) is 9.97. The summed E-state index contributed by atoms with van der Waals surface area (Å²) in [5.41, 5.74) is 6.06. The van der Waals surface area contributed by atoms with Gasteiger partial charge in [-0.25, -0.2) is 13.4 Å². The van der Waals surface area contributed by atoms with Crippen molar-refractivity contribution in [1.29, 1.82) is 0 Å². The largest absolute Gasteiger partial charge is 0.323 e. The number of benzene rings is 3. The Morgan fingerprint density at radius 1 is 1.00 bits per heavy atom. The van der Waals surface area contributed by atoms with Crippen LogP contribution in [0.4, 0.5) is 11.6 Å². The van der Waals surface area contributed by atoms with Crippen LogP contribution in [-0.2, 0) is 10.0 Å². The maximum atomic E-state index is 13.2. The Balaban J connectivity index is 1.32. The molecule has 0 aliphatic carbocycles. The number of anilines is 2. The molecule has 5 rings (SSSR count). The third kappa shape index (κ3) is 6.06. The Morgan fingerprint density at radius 3 is 2.46 bits per heavy atom. The first-order valence-electron chi connectivity index (χ1n) is 13.3. The van der Waals surface area contributed by atoms with Crippen molar-refractivity contribution < 1.29 is 8.42 Å². The van der Waals surface area contributed by atoms with E-state index in [1.807, 2.05) is 45.0 Å². The van der Waals surface area contributed by atoms with E-state index in [0.717, 1.165) is 47.4 Å². The summed E-state index contributed by atoms with van der Waals surface area (Å²) in [5.74, 6) is 0.336. The summed E-state index contributed by atoms with van der Waals surface area (Å²) in [6, 6.07) is 16.6. The van der Waals surface area contributed by atoms with Crippen molar-refractivity contribution in [1.82, 2.24) is 24.4 Å². The fraction of sp³-hybridized carbons (Fsp3) is 0.345. The van der Waals surface area contributed by atoms with Crippen molar-refractivity contribution in [2.75, 3.05) is 38.0 Å². The second kappa shape index (κ2) is 11.6. The molecule has 1 aromatic heterocycles. The van der Waals surface area contributed by atoms with Gasteiger partial charge in [0.25, 0.3) is 0 Å². The van der Waals surface area contributed by atoms with Crippen LogP contribution in [0, 0.1) is 13.8 Å². The highest BCUT2D eigenvalue weighted by molar-refractivity contribution is 7.89. The normalized spacial score (nSPS) is 14.4. The smallest absolute Gasteiger partial charge is 0.247 e. The maximum absolute atomic E-state index is 13.2. The number of nitrogens with zero attached hydrogens (tertiary/aromatic N) is 5. The van der Waals surface area contributed by atoms with Gasteiger partial charge < -0.3 is 10.2 Å². The van der Waals surface area contributed by atoms with E-state index in [4.69, 9.17) is 11.6 Å². The lowest BCUT2D eigenvalue weighted by Crippen LogP contribution is -2.37. The van der Waals surface area contributed by atoms with E-state index in [9.17, 15) is 8.42 Å². The zero-order valence-corrected chi connectivity index (χ0v) is 24.1. The lowest BCUT2D eigenvalue weighted by atomic mass is 10.0. The van der Waals surface area contributed by atoms with Gasteiger partial charge in [-0.05, 0) is 99.4 Å². The zero-order valence-electron chi connectivity index (χ0n) is 22.5. The maximum Gasteiger partial charge on any atom is 0.247 e. The van der Waals surface area contributed by atoms with Gasteiger partial charge in [0, 0.05) is 35.9 Å². The van der Waals surface area contributed by atoms with Crippen LogP contribution in [0.25, 0.3) is 22.2 Å². The molecule has 0 atom stereocenters. The van der Waals surface area contributed by atoms with Gasteiger partial charge in [0.2, 0.25) is 16.0 Å². The molecule has 0 spiro atoms. The molecule has 4 aromatic rings. The first kappa shape index (κ1) is 27.5. The van der Waals surface area contributed by atoms with Gasteiger partial charge in [-0.1, -0.05) is 30.2 Å². The van der Waals surface area contributed by atoms with E-state index in [0.29, 0.717) is 35.3 Å². The first-order chi connectivity index (χ1) is 18.7. The van der Waals surface area contributed by atoms with Crippen LogP contribution < -0.4 is 5.32 Å². The third-order valence-electron chi connectivity index (χ3n) is 7.15. The summed E-state index contributed by atoms with van der Waals surface area (Å²) < 4.78 is 28.0. The Bertz CT molecular complexity index is 1590. The number of hydrogen-bond acceptors (Lipinski definition) is 7. The molecule has 0 unspecified atom stereocenters. The number of hydrogen-bond donors (Lipinski definition) is 1. The van der Waals surface area contributed by atoms with E-state index in [1.54, 1.807) is 28.6 Å². The topological polar surface area (TPSA) is 91.3 Å². The van der Waals surface area contributed by atoms with Crippen molar-refractivity contribution >= 4 is 44.3 Å². The highest BCUT2D eigenvalue weighted by Crippen LogP contribution is 2.32. The number of halogens is 1. The first-order valence-corrected chi connectivity index (χ1v) is 15.1. The summed E-state index contributed by atoms with van der Waals surface area (Å²) >= 11 is 6.45. The van der Waals surface area contributed by atoms with Gasteiger partial charge in [-0.3, -0.25) is 0 Å². The zero-order chi connectivity index (χ0) is 27.6. The van der Waals surface area contributed by atoms with Crippen LogP contribution in [0.1, 0.15) is 30.9 Å². The van der Waals surface area contributed by atoms with Gasteiger partial charge in [0.1, 0.15) is 5.52 Å². The summed E-state index contributed by atoms with van der Waals surface area (Å²) in [6.45, 7) is 9.68. The number of aryl methyl sites for hydroxylation is 2. The molecule has 1 fully saturated rings. The molecule has 0 radical (unpaired) electrons. The minimum atomic E-state index is -3.57. The molecular formula is C29H33ClN6O2S. The average Bonchev–Trinajstić information content (AvgIpc) is 3.44. The van der Waals surface area contributed by atoms with Crippen molar-refractivity contribution in [3.63, 3.8) is 0 Å². The Morgan fingerprint density at radius 2 is 1.74 bits per heavy atom. The molecule has 1 saturated heterocycles. The van der Waals surface area contributed by atoms with Crippen LogP contribution in [0.3, 0.4) is 0 Å². The molecule has 8 nitrogen and oxygen atoms in total. The summed E-state index contributed by atoms with van der Waals surface area (Å²) in [5, 5.41) is 12.5. The minimum absolute atomic E-state index is 0.270. The standard InChI is InChI=1S/C29H33ClN6O2S/c1-4-36(16-15-35-13-5-6-14-35)39(37,38)24-10-8-23(9-11-24)31-29-32-28-21(3)18-22(19-27(28)33-34-29)25-17-20(2)7-12-26(25)30/h7-12,17-19H,4-6,13-16H2,1-3H3,(H,31,32,34). The van der Waals surface area contributed by atoms with Gasteiger partial charge in [-0.2, -0.15) is 4.31 Å². The van der Waals surface area contributed by atoms with Crippen LogP contribution in [-0.4, -0.2) is 65.5 Å². The van der Waals surface area contributed by atoms with Gasteiger partial charge in [-0.15, -0.1) is 10.2 Å². The predicted octanol–water partition coefficient (Wildman–Crippen LogP) is 5.81. The van der Waals surface area contributed by atoms with Crippen molar-refractivity contribution in [2.24, 2.45) is 0 Å². The van der Waals surface area contributed by atoms with Crippen LogP contribution in [0.15, 0.2) is 59.5 Å². The molecular weight excluding hydrogens is 532 g/mol. The molecule has 10 heteroatoms. The molecule has 3 aromatic carbocycles. The summed E-state index contributed by atoms with van der Waals surface area (Å²) in [4.78, 5) is 7.26. The Labute approximate surface area is 235 Å². The number of rotatable bonds is 9. The number of likely N-dealkylation sites (N-methyl/N-ethyl adjacent to an activating group) is 1. The molecule has 39 heavy (non-hydrogen) atoms. The molecule has 0 bridgehead atoms. The second-order valence-corrected chi connectivity index (χ2v) is 12.3. The summed E-state index contributed by atoms with van der Waals surface area (Å²) in [7, 11) is -3.57. The van der Waals surface area contributed by atoms with E-state index < -0.39 is 10.0 Å². The van der Waals surface area contributed by atoms with Crippen molar-refractivity contribution in [3.05, 3.63) is 70.7 Å². The highest BCUT2D eigenvalue weighted by atomic mass is 35.5. The molecule has 0 amide bonds. The van der Waals surface area contributed by atoms with Gasteiger partial charge >= 0.3 is 0 Å². The average molecular weight is 565 g/mol. The van der Waals surface area contributed by atoms with Crippen molar-refractivity contribution in [2.45, 2.75) is 38.5 Å². The highest BCUT2D eigenvalue weighted by Gasteiger charge is 2.24. The fourth-order valence-corrected chi connectivity index (χ4v) is 6.64. The van der Waals surface area contributed by atoms with Crippen LogP contribution in [0.2, 0.25) is 5.02 Å². The predicted molar refractivity (Wildman–Crippen MR) is 157 cm³/mol. The summed E-state index contributed by atoms with van der Waals surface area (Å²) in [6.07, 6.45) is 2.37. The van der Waals surface area contributed by atoms with Gasteiger partial charge in [0.05, 0.1) is 10.4 Å². The Hall–Kier alpha value is -3.11. The van der Waals surface area contributed by atoms with Crippen LogP contribution in [0.5, 0.6) is 0 Å². The van der Waals surface area contributed by atoms with Gasteiger partial charge in [0.15, 0.2) is 0 Å². The minimum Gasteiger partial charge on any atom is -0.323 e. The monoisotopic (exact) mass is 564 g/mol. The molecule has 0 saturated carbocycles. The number of likely N-dealkylation sites (tertiary alicyclic amines) is 1. The molecule has 2 heterocycles. The Kier molecular flexibility index (Phi) is 8.13. The lowest BCUT2D eigenvalue weighted by Gasteiger charge is -2.23. The molecule has 1 aliphatic heterocycles. The third-order valence-corrected chi connectivity index (χ3v) is 9.47. The van der Waals surface area contributed by atoms with E-state index in [-0.39, 0.29) is 4.90 Å². The lowest BCUT2D eigenvalue weighted by molar-refractivity contribution is 0.299. The number of sulfonamides is 1. The fourth-order valence-electron chi connectivity index (χ4n) is 4.98. The number of fused-ring (bicyclic) bond motifs is 1. The van der Waals surface area contributed by atoms with E-state index in [2.05, 4.69) is 31.5 Å². The molecule has 1 aliphatic rings. The molecule has 204 valence electrons. The number of nitrogens with one attached hydrogen (secondary N) is 1. The molecule has 1 N–H and O–H groups in total. The number of aromatic nitrogens is 3. The van der Waals surface area contributed by atoms with E-state index in [1.165, 1.54) is 12.8 Å².